The quantitative estimate of drug-likeness (QED) is 0.824. The SMILES string of the molecule is O=C1CCCC(Sc2ccc(C(F)(F)F)cn2)C1. The fraction of sp³-hybridized carbons (Fsp3) is 0.500. The number of thioether (sulfide) groups is 1. The van der Waals surface area contributed by atoms with Crippen LogP contribution >= 0.6 is 11.8 Å². The molecular formula is C12H12F3NOS. The normalized spacial score (nSPS) is 21.1. The van der Waals surface area contributed by atoms with Crippen LogP contribution in [0, 0.1) is 0 Å². The molecule has 2 rings (SSSR count). The Morgan fingerprint density at radius 1 is 1.33 bits per heavy atom. The molecule has 1 heterocycles. The van der Waals surface area contributed by atoms with E-state index >= 15 is 0 Å². The smallest absolute Gasteiger partial charge is 0.300 e. The van der Waals surface area contributed by atoms with E-state index in [4.69, 9.17) is 0 Å². The molecule has 1 aromatic heterocycles. The van der Waals surface area contributed by atoms with Crippen LogP contribution in [0.4, 0.5) is 13.2 Å². The van der Waals surface area contributed by atoms with Crippen LogP contribution < -0.4 is 0 Å². The van der Waals surface area contributed by atoms with Crippen LogP contribution in [0.2, 0.25) is 0 Å². The molecule has 0 amide bonds. The van der Waals surface area contributed by atoms with Gasteiger partial charge in [-0.25, -0.2) is 4.98 Å². The predicted octanol–water partition coefficient (Wildman–Crippen LogP) is 3.70. The fourth-order valence-corrected chi connectivity index (χ4v) is 3.03. The number of halogens is 3. The van der Waals surface area contributed by atoms with E-state index in [1.165, 1.54) is 17.8 Å². The summed E-state index contributed by atoms with van der Waals surface area (Å²) in [6, 6.07) is 2.40. The van der Waals surface area contributed by atoms with Crippen LogP contribution in [-0.2, 0) is 11.0 Å². The van der Waals surface area contributed by atoms with Gasteiger partial charge in [-0.1, -0.05) is 0 Å². The first kappa shape index (κ1) is 13.4. The van der Waals surface area contributed by atoms with Crippen molar-refractivity contribution >= 4 is 17.5 Å². The number of ketones is 1. The van der Waals surface area contributed by atoms with Crippen LogP contribution in [0.1, 0.15) is 31.2 Å². The number of carbonyl (C=O) groups excluding carboxylic acids is 1. The van der Waals surface area contributed by atoms with Crippen LogP contribution in [0.5, 0.6) is 0 Å². The average molecular weight is 275 g/mol. The topological polar surface area (TPSA) is 30.0 Å². The van der Waals surface area contributed by atoms with Crippen molar-refractivity contribution in [3.8, 4) is 0 Å². The molecule has 0 aliphatic heterocycles. The number of alkyl halides is 3. The van der Waals surface area contributed by atoms with Crippen molar-refractivity contribution in [1.29, 1.82) is 0 Å². The number of carbonyl (C=O) groups is 1. The summed E-state index contributed by atoms with van der Waals surface area (Å²) in [6.07, 6.45) is -0.620. The van der Waals surface area contributed by atoms with E-state index in [-0.39, 0.29) is 11.0 Å². The minimum absolute atomic E-state index is 0.149. The largest absolute Gasteiger partial charge is 0.417 e. The standard InChI is InChI=1S/C12H12F3NOS/c13-12(14,15)8-4-5-11(16-7-8)18-10-3-1-2-9(17)6-10/h4-5,7,10H,1-3,6H2. The molecule has 0 radical (unpaired) electrons. The molecule has 0 N–H and O–H groups in total. The second-order valence-corrected chi connectivity index (χ2v) is 5.58. The zero-order chi connectivity index (χ0) is 13.2. The minimum atomic E-state index is -4.35. The Bertz CT molecular complexity index is 430. The maximum absolute atomic E-state index is 12.3. The molecule has 1 saturated carbocycles. The highest BCUT2D eigenvalue weighted by molar-refractivity contribution is 7.99. The molecular weight excluding hydrogens is 263 g/mol. The van der Waals surface area contributed by atoms with E-state index in [0.717, 1.165) is 25.1 Å². The van der Waals surface area contributed by atoms with E-state index in [0.29, 0.717) is 17.9 Å². The Morgan fingerprint density at radius 2 is 2.11 bits per heavy atom. The molecule has 6 heteroatoms. The molecule has 18 heavy (non-hydrogen) atoms. The van der Waals surface area contributed by atoms with Gasteiger partial charge in [0.2, 0.25) is 0 Å². The number of hydrogen-bond donors (Lipinski definition) is 0. The average Bonchev–Trinajstić information content (AvgIpc) is 2.28. The van der Waals surface area contributed by atoms with Gasteiger partial charge in [-0.2, -0.15) is 13.2 Å². The number of aromatic nitrogens is 1. The number of hydrogen-bond acceptors (Lipinski definition) is 3. The summed E-state index contributed by atoms with van der Waals surface area (Å²) in [6.45, 7) is 0. The summed E-state index contributed by atoms with van der Waals surface area (Å²) in [5.41, 5.74) is -0.744. The summed E-state index contributed by atoms with van der Waals surface area (Å²) in [4.78, 5) is 15.1. The molecule has 2 nitrogen and oxygen atoms in total. The molecule has 98 valence electrons. The Hall–Kier alpha value is -1.04. The highest BCUT2D eigenvalue weighted by Gasteiger charge is 2.30. The Kier molecular flexibility index (Phi) is 3.94. The highest BCUT2D eigenvalue weighted by Crippen LogP contribution is 2.33. The molecule has 1 aliphatic rings. The third-order valence-corrected chi connectivity index (χ3v) is 4.01. The third-order valence-electron chi connectivity index (χ3n) is 2.79. The fourth-order valence-electron chi connectivity index (χ4n) is 1.87. The first-order valence-electron chi connectivity index (χ1n) is 5.67. The van der Waals surface area contributed by atoms with E-state index in [1.807, 2.05) is 0 Å². The maximum Gasteiger partial charge on any atom is 0.417 e. The lowest BCUT2D eigenvalue weighted by Gasteiger charge is -2.19. The van der Waals surface area contributed by atoms with Gasteiger partial charge in [0, 0.05) is 24.3 Å². The van der Waals surface area contributed by atoms with Gasteiger partial charge in [0.05, 0.1) is 10.6 Å². The second-order valence-electron chi connectivity index (χ2n) is 4.26. The molecule has 0 saturated heterocycles. The van der Waals surface area contributed by atoms with Crippen molar-refractivity contribution in [2.24, 2.45) is 0 Å². The van der Waals surface area contributed by atoms with Gasteiger partial charge in [0.15, 0.2) is 0 Å². The van der Waals surface area contributed by atoms with Crippen molar-refractivity contribution in [2.75, 3.05) is 0 Å². The molecule has 1 unspecified atom stereocenters. The van der Waals surface area contributed by atoms with Crippen LogP contribution in [-0.4, -0.2) is 16.0 Å². The van der Waals surface area contributed by atoms with E-state index < -0.39 is 11.7 Å². The lowest BCUT2D eigenvalue weighted by molar-refractivity contribution is -0.137. The summed E-state index contributed by atoms with van der Waals surface area (Å²) in [7, 11) is 0. The van der Waals surface area contributed by atoms with Crippen LogP contribution in [0.3, 0.4) is 0 Å². The Balaban J connectivity index is 2.00. The van der Waals surface area contributed by atoms with Gasteiger partial charge in [-0.3, -0.25) is 4.79 Å². The van der Waals surface area contributed by atoms with Crippen molar-refractivity contribution in [3.63, 3.8) is 0 Å². The maximum atomic E-state index is 12.3. The first-order chi connectivity index (χ1) is 8.45. The van der Waals surface area contributed by atoms with Crippen LogP contribution in [0.15, 0.2) is 23.4 Å². The molecule has 1 aromatic rings. The summed E-state index contributed by atoms with van der Waals surface area (Å²) in [5.74, 6) is 0.227. The second kappa shape index (κ2) is 5.30. The Morgan fingerprint density at radius 3 is 2.67 bits per heavy atom. The lowest BCUT2D eigenvalue weighted by Crippen LogP contribution is -2.16. The van der Waals surface area contributed by atoms with Crippen molar-refractivity contribution in [3.05, 3.63) is 23.9 Å². The van der Waals surface area contributed by atoms with E-state index in [2.05, 4.69) is 4.98 Å². The minimum Gasteiger partial charge on any atom is -0.300 e. The van der Waals surface area contributed by atoms with Crippen molar-refractivity contribution in [2.45, 2.75) is 42.1 Å². The number of rotatable bonds is 2. The zero-order valence-corrected chi connectivity index (χ0v) is 10.4. The van der Waals surface area contributed by atoms with E-state index in [9.17, 15) is 18.0 Å². The zero-order valence-electron chi connectivity index (χ0n) is 9.54. The predicted molar refractivity (Wildman–Crippen MR) is 62.4 cm³/mol. The van der Waals surface area contributed by atoms with Gasteiger partial charge >= 0.3 is 6.18 Å². The van der Waals surface area contributed by atoms with E-state index in [1.54, 1.807) is 0 Å². The molecule has 1 fully saturated rings. The van der Waals surface area contributed by atoms with Gasteiger partial charge in [0.1, 0.15) is 5.78 Å². The monoisotopic (exact) mass is 275 g/mol. The number of pyridine rings is 1. The van der Waals surface area contributed by atoms with Gasteiger partial charge in [-0.15, -0.1) is 11.8 Å². The number of nitrogens with zero attached hydrogens (tertiary/aromatic N) is 1. The van der Waals surface area contributed by atoms with Gasteiger partial charge < -0.3 is 0 Å². The summed E-state index contributed by atoms with van der Waals surface area (Å²) < 4.78 is 37.0. The molecule has 0 aromatic carbocycles. The summed E-state index contributed by atoms with van der Waals surface area (Å²) >= 11 is 1.39. The van der Waals surface area contributed by atoms with Crippen LogP contribution in [0.25, 0.3) is 0 Å². The first-order valence-corrected chi connectivity index (χ1v) is 6.55. The lowest BCUT2D eigenvalue weighted by atomic mass is 9.99. The summed E-state index contributed by atoms with van der Waals surface area (Å²) in [5, 5.41) is 0.693. The number of Topliss-reactive ketones (excluding diaryl/α,β-unsaturated/α-hetero) is 1. The van der Waals surface area contributed by atoms with Gasteiger partial charge in [0.25, 0.3) is 0 Å². The van der Waals surface area contributed by atoms with Crippen molar-refractivity contribution in [1.82, 2.24) is 4.98 Å². The highest BCUT2D eigenvalue weighted by atomic mass is 32.2. The van der Waals surface area contributed by atoms with Gasteiger partial charge in [-0.05, 0) is 25.0 Å². The Labute approximate surface area is 107 Å². The van der Waals surface area contributed by atoms with Crippen molar-refractivity contribution < 1.29 is 18.0 Å². The molecule has 0 bridgehead atoms. The molecule has 1 aliphatic carbocycles. The third kappa shape index (κ3) is 3.48. The molecule has 0 spiro atoms. The molecule has 1 atom stereocenters.